The molecular formula is C15H30O2. The molecule has 0 bridgehead atoms. The van der Waals surface area contributed by atoms with Gasteiger partial charge >= 0.3 is 5.97 Å². The number of ether oxygens (including phenoxy) is 1. The van der Waals surface area contributed by atoms with E-state index in [1.807, 2.05) is 20.8 Å². The Kier molecular flexibility index (Phi) is 5.24. The van der Waals surface area contributed by atoms with Crippen LogP contribution in [0.25, 0.3) is 0 Å². The number of rotatable bonds is 5. The molecular weight excluding hydrogens is 212 g/mol. The Balaban J connectivity index is 4.53. The highest BCUT2D eigenvalue weighted by atomic mass is 16.6. The van der Waals surface area contributed by atoms with Crippen molar-refractivity contribution in [2.24, 2.45) is 10.8 Å². The van der Waals surface area contributed by atoms with Crippen LogP contribution >= 0.6 is 0 Å². The first-order valence-electron chi connectivity index (χ1n) is 6.59. The highest BCUT2D eigenvalue weighted by molar-refractivity contribution is 5.69. The van der Waals surface area contributed by atoms with Gasteiger partial charge in [0.25, 0.3) is 0 Å². The first kappa shape index (κ1) is 16.5. The molecule has 0 unspecified atom stereocenters. The van der Waals surface area contributed by atoms with Gasteiger partial charge in [0.15, 0.2) is 0 Å². The van der Waals surface area contributed by atoms with Crippen LogP contribution in [0.3, 0.4) is 0 Å². The molecule has 0 saturated heterocycles. The molecule has 17 heavy (non-hydrogen) atoms. The highest BCUT2D eigenvalue weighted by Crippen LogP contribution is 2.39. The van der Waals surface area contributed by atoms with Gasteiger partial charge in [0.2, 0.25) is 0 Å². The molecule has 0 aliphatic rings. The van der Waals surface area contributed by atoms with Crippen LogP contribution in [0, 0.1) is 10.8 Å². The Bertz CT molecular complexity index is 257. The molecule has 0 atom stereocenters. The van der Waals surface area contributed by atoms with Crippen molar-refractivity contribution < 1.29 is 9.53 Å². The van der Waals surface area contributed by atoms with Crippen LogP contribution in [0.1, 0.15) is 74.7 Å². The normalized spacial score (nSPS) is 13.6. The summed E-state index contributed by atoms with van der Waals surface area (Å²) in [4.78, 5) is 11.4. The van der Waals surface area contributed by atoms with E-state index in [-0.39, 0.29) is 17.0 Å². The SMILES string of the molecule is CCC(=O)OC(C)(C)CC(C)(C)CC(C)(C)C. The minimum atomic E-state index is -0.373. The fraction of sp³-hybridized carbons (Fsp3) is 0.933. The van der Waals surface area contributed by atoms with Crippen molar-refractivity contribution >= 4 is 5.97 Å². The Morgan fingerprint density at radius 3 is 1.76 bits per heavy atom. The molecule has 0 heterocycles. The van der Waals surface area contributed by atoms with Gasteiger partial charge < -0.3 is 4.74 Å². The number of carbonyl (C=O) groups is 1. The first-order valence-corrected chi connectivity index (χ1v) is 6.59. The average molecular weight is 242 g/mol. The van der Waals surface area contributed by atoms with Crippen molar-refractivity contribution in [1.82, 2.24) is 0 Å². The summed E-state index contributed by atoms with van der Waals surface area (Å²) in [5, 5.41) is 0. The quantitative estimate of drug-likeness (QED) is 0.660. The van der Waals surface area contributed by atoms with Gasteiger partial charge in [-0.05, 0) is 37.5 Å². The maximum atomic E-state index is 11.4. The zero-order valence-corrected chi connectivity index (χ0v) is 12.9. The lowest BCUT2D eigenvalue weighted by atomic mass is 9.71. The lowest BCUT2D eigenvalue weighted by Crippen LogP contribution is -2.35. The third kappa shape index (κ3) is 8.23. The molecule has 0 saturated carbocycles. The Morgan fingerprint density at radius 2 is 1.41 bits per heavy atom. The molecule has 0 aromatic carbocycles. The zero-order chi connectivity index (χ0) is 13.9. The number of hydrogen-bond acceptors (Lipinski definition) is 2. The number of carbonyl (C=O) groups excluding carboxylic acids is 1. The highest BCUT2D eigenvalue weighted by Gasteiger charge is 2.34. The molecule has 2 heteroatoms. The van der Waals surface area contributed by atoms with Crippen LogP contribution in [0.2, 0.25) is 0 Å². The van der Waals surface area contributed by atoms with Crippen molar-refractivity contribution in [1.29, 1.82) is 0 Å². The van der Waals surface area contributed by atoms with Gasteiger partial charge in [0.05, 0.1) is 0 Å². The van der Waals surface area contributed by atoms with Gasteiger partial charge in [-0.3, -0.25) is 4.79 Å². The molecule has 0 aromatic rings. The van der Waals surface area contributed by atoms with Crippen molar-refractivity contribution in [3.05, 3.63) is 0 Å². The van der Waals surface area contributed by atoms with E-state index in [1.165, 1.54) is 0 Å². The number of esters is 1. The fourth-order valence-corrected chi connectivity index (χ4v) is 3.07. The van der Waals surface area contributed by atoms with Crippen LogP contribution in [0.5, 0.6) is 0 Å². The molecule has 0 fully saturated rings. The van der Waals surface area contributed by atoms with E-state index in [1.54, 1.807) is 0 Å². The summed E-state index contributed by atoms with van der Waals surface area (Å²) in [5.41, 5.74) is 0.103. The third-order valence-corrected chi connectivity index (χ3v) is 2.59. The van der Waals surface area contributed by atoms with E-state index in [2.05, 4.69) is 34.6 Å². The minimum Gasteiger partial charge on any atom is -0.460 e. The van der Waals surface area contributed by atoms with Crippen LogP contribution in [0.4, 0.5) is 0 Å². The van der Waals surface area contributed by atoms with Crippen molar-refractivity contribution in [3.63, 3.8) is 0 Å². The van der Waals surface area contributed by atoms with Crippen LogP contribution < -0.4 is 0 Å². The van der Waals surface area contributed by atoms with Crippen molar-refractivity contribution in [2.45, 2.75) is 80.3 Å². The first-order chi connectivity index (χ1) is 7.37. The van der Waals surface area contributed by atoms with E-state index in [0.29, 0.717) is 11.8 Å². The Hall–Kier alpha value is -0.530. The van der Waals surface area contributed by atoms with E-state index in [0.717, 1.165) is 12.8 Å². The second-order valence-electron chi connectivity index (χ2n) is 7.67. The lowest BCUT2D eigenvalue weighted by molar-refractivity contribution is -0.159. The molecule has 0 amide bonds. The zero-order valence-electron chi connectivity index (χ0n) is 12.9. The third-order valence-electron chi connectivity index (χ3n) is 2.59. The Labute approximate surface area is 107 Å². The minimum absolute atomic E-state index is 0.110. The largest absolute Gasteiger partial charge is 0.460 e. The summed E-state index contributed by atoms with van der Waals surface area (Å²) in [5.74, 6) is -0.110. The van der Waals surface area contributed by atoms with Crippen LogP contribution in [0.15, 0.2) is 0 Å². The van der Waals surface area contributed by atoms with E-state index < -0.39 is 0 Å². The fourth-order valence-electron chi connectivity index (χ4n) is 3.07. The summed E-state index contributed by atoms with van der Waals surface area (Å²) in [6.45, 7) is 17.1. The molecule has 0 rings (SSSR count). The van der Waals surface area contributed by atoms with Crippen LogP contribution in [-0.2, 0) is 9.53 Å². The molecule has 0 aromatic heterocycles. The summed E-state index contributed by atoms with van der Waals surface area (Å²) in [7, 11) is 0. The van der Waals surface area contributed by atoms with Gasteiger partial charge in [0.1, 0.15) is 5.60 Å². The Morgan fingerprint density at radius 1 is 0.941 bits per heavy atom. The van der Waals surface area contributed by atoms with E-state index in [4.69, 9.17) is 4.74 Å². The molecule has 2 nitrogen and oxygen atoms in total. The van der Waals surface area contributed by atoms with Crippen molar-refractivity contribution in [2.75, 3.05) is 0 Å². The molecule has 102 valence electrons. The summed E-state index contributed by atoms with van der Waals surface area (Å²) in [6, 6.07) is 0. The van der Waals surface area contributed by atoms with Gasteiger partial charge in [-0.2, -0.15) is 0 Å². The monoisotopic (exact) mass is 242 g/mol. The van der Waals surface area contributed by atoms with Crippen molar-refractivity contribution in [3.8, 4) is 0 Å². The summed E-state index contributed by atoms with van der Waals surface area (Å²) >= 11 is 0. The predicted octanol–water partition coefficient (Wildman–Crippen LogP) is 4.57. The van der Waals surface area contributed by atoms with E-state index >= 15 is 0 Å². The molecule has 0 aliphatic carbocycles. The van der Waals surface area contributed by atoms with E-state index in [9.17, 15) is 4.79 Å². The number of hydrogen-bond donors (Lipinski definition) is 0. The average Bonchev–Trinajstić information content (AvgIpc) is 1.94. The molecule has 0 spiro atoms. The standard InChI is InChI=1S/C15H30O2/c1-9-12(16)17-15(7,8)11-14(5,6)10-13(2,3)4/h9-11H2,1-8H3. The predicted molar refractivity (Wildman–Crippen MR) is 72.9 cm³/mol. The lowest BCUT2D eigenvalue weighted by Gasteiger charge is -2.38. The van der Waals surface area contributed by atoms with Crippen LogP contribution in [-0.4, -0.2) is 11.6 Å². The topological polar surface area (TPSA) is 26.3 Å². The van der Waals surface area contributed by atoms with Gasteiger partial charge in [-0.1, -0.05) is 41.5 Å². The molecule has 0 radical (unpaired) electrons. The smallest absolute Gasteiger partial charge is 0.306 e. The summed E-state index contributed by atoms with van der Waals surface area (Å²) < 4.78 is 5.50. The van der Waals surface area contributed by atoms with Gasteiger partial charge in [0, 0.05) is 6.42 Å². The summed E-state index contributed by atoms with van der Waals surface area (Å²) in [6.07, 6.45) is 2.46. The molecule has 0 N–H and O–H groups in total. The second kappa shape index (κ2) is 5.41. The van der Waals surface area contributed by atoms with Gasteiger partial charge in [-0.15, -0.1) is 0 Å². The maximum absolute atomic E-state index is 11.4. The van der Waals surface area contributed by atoms with Gasteiger partial charge in [-0.25, -0.2) is 0 Å². The second-order valence-corrected chi connectivity index (χ2v) is 7.67. The molecule has 0 aliphatic heterocycles. The maximum Gasteiger partial charge on any atom is 0.306 e.